The van der Waals surface area contributed by atoms with Gasteiger partial charge in [-0.3, -0.25) is 4.79 Å². The predicted octanol–water partition coefficient (Wildman–Crippen LogP) is 3.81. The minimum Gasteiger partial charge on any atom is -0.476 e. The highest BCUT2D eigenvalue weighted by Gasteiger charge is 2.17. The standard InChI is InChI=1S/C21H26N6O2/c1-2-22-19(28)15-8-10-16(11-9-15)25-21-26-18-17(23-13-24-18)20(27-21)29-12-14-6-4-3-5-7-14/h8-11,13-14H,2-7,12H2,1H3,(H,22,28)(H2,23,24,25,26,27). The van der Waals surface area contributed by atoms with E-state index in [4.69, 9.17) is 4.74 Å². The molecule has 0 bridgehead atoms. The quantitative estimate of drug-likeness (QED) is 0.563. The van der Waals surface area contributed by atoms with Gasteiger partial charge in [0.15, 0.2) is 11.2 Å². The van der Waals surface area contributed by atoms with E-state index in [0.29, 0.717) is 47.6 Å². The van der Waals surface area contributed by atoms with Crippen LogP contribution in [0.4, 0.5) is 11.6 Å². The molecule has 8 nitrogen and oxygen atoms in total. The molecule has 1 aliphatic carbocycles. The van der Waals surface area contributed by atoms with Crippen LogP contribution in [0.5, 0.6) is 5.88 Å². The molecule has 0 spiro atoms. The number of aromatic amines is 1. The fourth-order valence-electron chi connectivity index (χ4n) is 3.61. The van der Waals surface area contributed by atoms with Gasteiger partial charge in [0.05, 0.1) is 12.9 Å². The van der Waals surface area contributed by atoms with E-state index in [-0.39, 0.29) is 5.91 Å². The molecule has 1 aromatic carbocycles. The molecule has 8 heteroatoms. The number of imidazole rings is 1. The van der Waals surface area contributed by atoms with E-state index in [9.17, 15) is 4.79 Å². The average molecular weight is 394 g/mol. The minimum absolute atomic E-state index is 0.0902. The first kappa shape index (κ1) is 19.2. The average Bonchev–Trinajstić information content (AvgIpc) is 3.22. The number of amides is 1. The number of ether oxygens (including phenoxy) is 1. The molecule has 1 fully saturated rings. The molecule has 29 heavy (non-hydrogen) atoms. The van der Waals surface area contributed by atoms with Crippen molar-refractivity contribution in [3.05, 3.63) is 36.2 Å². The van der Waals surface area contributed by atoms with Crippen LogP contribution in [-0.4, -0.2) is 39.0 Å². The zero-order valence-corrected chi connectivity index (χ0v) is 16.6. The second-order valence-corrected chi connectivity index (χ2v) is 7.33. The van der Waals surface area contributed by atoms with Crippen molar-refractivity contribution in [1.82, 2.24) is 25.3 Å². The summed E-state index contributed by atoms with van der Waals surface area (Å²) in [5, 5.41) is 5.97. The van der Waals surface area contributed by atoms with E-state index in [0.717, 1.165) is 5.69 Å². The minimum atomic E-state index is -0.0902. The first-order chi connectivity index (χ1) is 14.2. The molecule has 1 saturated carbocycles. The third kappa shape index (κ3) is 4.64. The van der Waals surface area contributed by atoms with E-state index in [1.807, 2.05) is 19.1 Å². The number of fused-ring (bicyclic) bond motifs is 1. The van der Waals surface area contributed by atoms with Gasteiger partial charge in [0, 0.05) is 17.8 Å². The molecule has 0 aliphatic heterocycles. The Bertz CT molecular complexity index is 963. The number of hydrogen-bond acceptors (Lipinski definition) is 6. The fourth-order valence-corrected chi connectivity index (χ4v) is 3.61. The fraction of sp³-hybridized carbons (Fsp3) is 0.429. The molecule has 3 aromatic rings. The molecule has 2 heterocycles. The normalized spacial score (nSPS) is 14.7. The van der Waals surface area contributed by atoms with Crippen molar-refractivity contribution in [1.29, 1.82) is 0 Å². The van der Waals surface area contributed by atoms with Crippen LogP contribution in [0.25, 0.3) is 11.2 Å². The van der Waals surface area contributed by atoms with Crippen LogP contribution >= 0.6 is 0 Å². The lowest BCUT2D eigenvalue weighted by atomic mass is 9.90. The molecule has 0 unspecified atom stereocenters. The summed E-state index contributed by atoms with van der Waals surface area (Å²) in [6, 6.07) is 7.19. The Morgan fingerprint density at radius 1 is 1.17 bits per heavy atom. The third-order valence-electron chi connectivity index (χ3n) is 5.17. The number of nitrogens with zero attached hydrogens (tertiary/aromatic N) is 3. The first-order valence-corrected chi connectivity index (χ1v) is 10.2. The van der Waals surface area contributed by atoms with Crippen molar-refractivity contribution in [3.8, 4) is 5.88 Å². The van der Waals surface area contributed by atoms with E-state index < -0.39 is 0 Å². The number of rotatable bonds is 7. The second-order valence-electron chi connectivity index (χ2n) is 7.33. The molecule has 0 saturated heterocycles. The maximum Gasteiger partial charge on any atom is 0.251 e. The summed E-state index contributed by atoms with van der Waals surface area (Å²) in [7, 11) is 0. The summed E-state index contributed by atoms with van der Waals surface area (Å²) in [5.74, 6) is 1.40. The molecular weight excluding hydrogens is 368 g/mol. The summed E-state index contributed by atoms with van der Waals surface area (Å²) in [6.45, 7) is 3.14. The van der Waals surface area contributed by atoms with Crippen LogP contribution in [-0.2, 0) is 0 Å². The van der Waals surface area contributed by atoms with Gasteiger partial charge in [0.1, 0.15) is 0 Å². The third-order valence-corrected chi connectivity index (χ3v) is 5.17. The number of carbonyl (C=O) groups excluding carboxylic acids is 1. The molecule has 3 N–H and O–H groups in total. The first-order valence-electron chi connectivity index (χ1n) is 10.2. The van der Waals surface area contributed by atoms with Crippen LogP contribution < -0.4 is 15.4 Å². The second kappa shape index (κ2) is 8.89. The van der Waals surface area contributed by atoms with Crippen molar-refractivity contribution in [2.45, 2.75) is 39.0 Å². The van der Waals surface area contributed by atoms with E-state index >= 15 is 0 Å². The summed E-state index contributed by atoms with van der Waals surface area (Å²) >= 11 is 0. The van der Waals surface area contributed by atoms with Gasteiger partial charge in [0.2, 0.25) is 11.8 Å². The van der Waals surface area contributed by atoms with Crippen LogP contribution in [0.1, 0.15) is 49.4 Å². The van der Waals surface area contributed by atoms with Crippen LogP contribution in [0.3, 0.4) is 0 Å². The summed E-state index contributed by atoms with van der Waals surface area (Å²) < 4.78 is 6.05. The highest BCUT2D eigenvalue weighted by atomic mass is 16.5. The van der Waals surface area contributed by atoms with Crippen molar-refractivity contribution in [3.63, 3.8) is 0 Å². The molecule has 2 aromatic heterocycles. The number of H-pyrrole nitrogens is 1. The zero-order chi connectivity index (χ0) is 20.1. The van der Waals surface area contributed by atoms with Crippen LogP contribution in [0.15, 0.2) is 30.6 Å². The van der Waals surface area contributed by atoms with Gasteiger partial charge in [-0.1, -0.05) is 19.3 Å². The molecule has 1 amide bonds. The molecule has 1 aliphatic rings. The van der Waals surface area contributed by atoms with Gasteiger partial charge >= 0.3 is 0 Å². The molecule has 4 rings (SSSR count). The van der Waals surface area contributed by atoms with Gasteiger partial charge in [-0.2, -0.15) is 9.97 Å². The summed E-state index contributed by atoms with van der Waals surface area (Å²) in [5.41, 5.74) is 2.66. The van der Waals surface area contributed by atoms with Crippen molar-refractivity contribution in [2.75, 3.05) is 18.5 Å². The summed E-state index contributed by atoms with van der Waals surface area (Å²) in [4.78, 5) is 28.2. The maximum atomic E-state index is 11.9. The Morgan fingerprint density at radius 3 is 2.72 bits per heavy atom. The van der Waals surface area contributed by atoms with Crippen molar-refractivity contribution >= 4 is 28.7 Å². The van der Waals surface area contributed by atoms with Gasteiger partial charge in [-0.15, -0.1) is 0 Å². The van der Waals surface area contributed by atoms with E-state index in [2.05, 4.69) is 30.6 Å². The Hall–Kier alpha value is -3.16. The Morgan fingerprint density at radius 2 is 1.97 bits per heavy atom. The number of nitrogens with one attached hydrogen (secondary N) is 3. The Kier molecular flexibility index (Phi) is 5.88. The number of benzene rings is 1. The Labute approximate surface area is 169 Å². The van der Waals surface area contributed by atoms with Gasteiger partial charge in [-0.05, 0) is 49.9 Å². The van der Waals surface area contributed by atoms with E-state index in [1.165, 1.54) is 32.1 Å². The predicted molar refractivity (Wildman–Crippen MR) is 111 cm³/mol. The van der Waals surface area contributed by atoms with Gasteiger partial charge in [0.25, 0.3) is 5.91 Å². The van der Waals surface area contributed by atoms with Crippen LogP contribution in [0.2, 0.25) is 0 Å². The van der Waals surface area contributed by atoms with Crippen molar-refractivity contribution in [2.24, 2.45) is 5.92 Å². The molecular formula is C21H26N6O2. The lowest BCUT2D eigenvalue weighted by Gasteiger charge is -2.21. The molecule has 152 valence electrons. The van der Waals surface area contributed by atoms with Crippen LogP contribution in [0, 0.1) is 5.92 Å². The number of anilines is 2. The van der Waals surface area contributed by atoms with Crippen molar-refractivity contribution < 1.29 is 9.53 Å². The Balaban J connectivity index is 1.49. The summed E-state index contributed by atoms with van der Waals surface area (Å²) in [6.07, 6.45) is 7.87. The maximum absolute atomic E-state index is 11.9. The lowest BCUT2D eigenvalue weighted by Crippen LogP contribution is -2.22. The number of aromatic nitrogens is 4. The smallest absolute Gasteiger partial charge is 0.251 e. The monoisotopic (exact) mass is 394 g/mol. The number of carbonyl (C=O) groups is 1. The molecule has 0 atom stereocenters. The lowest BCUT2D eigenvalue weighted by molar-refractivity contribution is 0.0956. The molecule has 0 radical (unpaired) electrons. The largest absolute Gasteiger partial charge is 0.476 e. The van der Waals surface area contributed by atoms with Gasteiger partial charge in [-0.25, -0.2) is 4.98 Å². The highest BCUT2D eigenvalue weighted by Crippen LogP contribution is 2.27. The van der Waals surface area contributed by atoms with Gasteiger partial charge < -0.3 is 20.4 Å². The SMILES string of the molecule is CCNC(=O)c1ccc(Nc2nc(OCC3CCCCC3)c3nc[nH]c3n2)cc1. The highest BCUT2D eigenvalue weighted by molar-refractivity contribution is 5.94. The zero-order valence-electron chi connectivity index (χ0n) is 16.6. The van der Waals surface area contributed by atoms with E-state index in [1.54, 1.807) is 18.5 Å². The topological polar surface area (TPSA) is 105 Å². The number of hydrogen-bond donors (Lipinski definition) is 3.